The van der Waals surface area contributed by atoms with E-state index in [2.05, 4.69) is 24.0 Å². The highest BCUT2D eigenvalue weighted by atomic mass is 16.5. The van der Waals surface area contributed by atoms with Gasteiger partial charge in [0.05, 0.1) is 6.61 Å². The fraction of sp³-hybridized carbons (Fsp3) is 0.778. The quantitative estimate of drug-likeness (QED) is 0.752. The van der Waals surface area contributed by atoms with E-state index in [1.165, 1.54) is 0 Å². The van der Waals surface area contributed by atoms with Crippen LogP contribution in [0.4, 0.5) is 0 Å². The minimum Gasteiger partial charge on any atom is -0.388 e. The van der Waals surface area contributed by atoms with Gasteiger partial charge >= 0.3 is 0 Å². The van der Waals surface area contributed by atoms with Crippen LogP contribution in [0.2, 0.25) is 0 Å². The molecule has 0 amide bonds. The first kappa shape index (κ1) is 11.1. The summed E-state index contributed by atoms with van der Waals surface area (Å²) in [5, 5.41) is 17.0. The van der Waals surface area contributed by atoms with Crippen LogP contribution in [0.3, 0.4) is 0 Å². The van der Waals surface area contributed by atoms with Gasteiger partial charge in [0, 0.05) is 19.6 Å². The summed E-state index contributed by atoms with van der Waals surface area (Å²) in [6.45, 7) is 5.31. The van der Waals surface area contributed by atoms with Gasteiger partial charge in [-0.1, -0.05) is 13.8 Å². The van der Waals surface area contributed by atoms with E-state index in [1.807, 2.05) is 4.57 Å². The average molecular weight is 199 g/mol. The standard InChI is InChI=1S/C9H17N3O2/c1-7(2)9-11-10-8(6-13)12(9)4-5-14-3/h7,13H,4-6H2,1-3H3. The van der Waals surface area contributed by atoms with Crippen molar-refractivity contribution in [3.63, 3.8) is 0 Å². The van der Waals surface area contributed by atoms with Crippen molar-refractivity contribution in [3.05, 3.63) is 11.6 Å². The molecule has 0 aliphatic carbocycles. The molecule has 0 saturated carbocycles. The molecule has 14 heavy (non-hydrogen) atoms. The zero-order valence-electron chi connectivity index (χ0n) is 8.90. The summed E-state index contributed by atoms with van der Waals surface area (Å²) in [5.74, 6) is 1.80. The number of aromatic nitrogens is 3. The van der Waals surface area contributed by atoms with Crippen LogP contribution < -0.4 is 0 Å². The van der Waals surface area contributed by atoms with Gasteiger partial charge in [0.25, 0.3) is 0 Å². The Bertz CT molecular complexity index is 284. The fourth-order valence-electron chi connectivity index (χ4n) is 1.32. The van der Waals surface area contributed by atoms with Gasteiger partial charge in [-0.2, -0.15) is 0 Å². The van der Waals surface area contributed by atoms with Gasteiger partial charge in [-0.3, -0.25) is 0 Å². The second-order valence-electron chi connectivity index (χ2n) is 3.43. The molecular formula is C9H17N3O2. The van der Waals surface area contributed by atoms with E-state index in [4.69, 9.17) is 9.84 Å². The van der Waals surface area contributed by atoms with Crippen LogP contribution in [-0.4, -0.2) is 33.6 Å². The van der Waals surface area contributed by atoms with E-state index in [-0.39, 0.29) is 6.61 Å². The van der Waals surface area contributed by atoms with Crippen LogP contribution >= 0.6 is 0 Å². The van der Waals surface area contributed by atoms with Crippen molar-refractivity contribution in [2.75, 3.05) is 13.7 Å². The molecule has 0 unspecified atom stereocenters. The number of nitrogens with zero attached hydrogens (tertiary/aromatic N) is 3. The Kier molecular flexibility index (Phi) is 4.03. The molecule has 5 heteroatoms. The maximum absolute atomic E-state index is 9.05. The number of hydrogen-bond acceptors (Lipinski definition) is 4. The van der Waals surface area contributed by atoms with Gasteiger partial charge in [-0.25, -0.2) is 0 Å². The molecule has 1 heterocycles. The van der Waals surface area contributed by atoms with E-state index in [1.54, 1.807) is 7.11 Å². The Morgan fingerprint density at radius 3 is 2.64 bits per heavy atom. The van der Waals surface area contributed by atoms with Crippen LogP contribution in [0.25, 0.3) is 0 Å². The molecule has 0 spiro atoms. The molecule has 1 N–H and O–H groups in total. The molecule has 0 saturated heterocycles. The Hall–Kier alpha value is -0.940. The second-order valence-corrected chi connectivity index (χ2v) is 3.43. The lowest BCUT2D eigenvalue weighted by Crippen LogP contribution is -2.12. The first-order chi connectivity index (χ1) is 6.70. The van der Waals surface area contributed by atoms with Crippen molar-refractivity contribution in [3.8, 4) is 0 Å². The van der Waals surface area contributed by atoms with Crippen LogP contribution in [0.15, 0.2) is 0 Å². The number of methoxy groups -OCH3 is 1. The molecule has 1 aromatic heterocycles. The lowest BCUT2D eigenvalue weighted by Gasteiger charge is -2.10. The third-order valence-electron chi connectivity index (χ3n) is 2.03. The van der Waals surface area contributed by atoms with Crippen LogP contribution in [0, 0.1) is 0 Å². The highest BCUT2D eigenvalue weighted by Gasteiger charge is 2.13. The molecule has 5 nitrogen and oxygen atoms in total. The van der Waals surface area contributed by atoms with Crippen molar-refractivity contribution in [1.82, 2.24) is 14.8 Å². The van der Waals surface area contributed by atoms with E-state index < -0.39 is 0 Å². The van der Waals surface area contributed by atoms with Crippen LogP contribution in [0.5, 0.6) is 0 Å². The number of aliphatic hydroxyl groups excluding tert-OH is 1. The molecule has 80 valence electrons. The third kappa shape index (κ3) is 2.30. The predicted molar refractivity (Wildman–Crippen MR) is 51.9 cm³/mol. The third-order valence-corrected chi connectivity index (χ3v) is 2.03. The SMILES string of the molecule is COCCn1c(CO)nnc1C(C)C. The summed E-state index contributed by atoms with van der Waals surface area (Å²) in [6, 6.07) is 0. The smallest absolute Gasteiger partial charge is 0.158 e. The van der Waals surface area contributed by atoms with Gasteiger partial charge in [-0.15, -0.1) is 10.2 Å². The van der Waals surface area contributed by atoms with E-state index in [0.717, 1.165) is 5.82 Å². The van der Waals surface area contributed by atoms with E-state index >= 15 is 0 Å². The van der Waals surface area contributed by atoms with Gasteiger partial charge in [-0.05, 0) is 0 Å². The Morgan fingerprint density at radius 2 is 2.14 bits per heavy atom. The normalized spacial score (nSPS) is 11.2. The second kappa shape index (κ2) is 5.07. The number of aliphatic hydroxyl groups is 1. The Labute approximate surface area is 83.7 Å². The molecule has 0 aliphatic heterocycles. The zero-order valence-corrected chi connectivity index (χ0v) is 8.90. The van der Waals surface area contributed by atoms with Crippen LogP contribution in [-0.2, 0) is 17.9 Å². The predicted octanol–water partition coefficient (Wildman–Crippen LogP) is 0.540. The maximum Gasteiger partial charge on any atom is 0.158 e. The highest BCUT2D eigenvalue weighted by Crippen LogP contribution is 2.13. The molecule has 1 rings (SSSR count). The molecular weight excluding hydrogens is 182 g/mol. The molecule has 0 aromatic carbocycles. The number of rotatable bonds is 5. The zero-order chi connectivity index (χ0) is 10.6. The van der Waals surface area contributed by atoms with Gasteiger partial charge < -0.3 is 14.4 Å². The van der Waals surface area contributed by atoms with Crippen molar-refractivity contribution in [2.24, 2.45) is 0 Å². The molecule has 1 aromatic rings. The summed E-state index contributed by atoms with van der Waals surface area (Å²) >= 11 is 0. The maximum atomic E-state index is 9.05. The lowest BCUT2D eigenvalue weighted by molar-refractivity contribution is 0.181. The molecule has 0 radical (unpaired) electrons. The molecule has 0 fully saturated rings. The van der Waals surface area contributed by atoms with Gasteiger partial charge in [0.15, 0.2) is 5.82 Å². The fourth-order valence-corrected chi connectivity index (χ4v) is 1.32. The largest absolute Gasteiger partial charge is 0.388 e. The summed E-state index contributed by atoms with van der Waals surface area (Å²) in [7, 11) is 1.65. The van der Waals surface area contributed by atoms with Crippen molar-refractivity contribution >= 4 is 0 Å². The minimum atomic E-state index is -0.0799. The lowest BCUT2D eigenvalue weighted by atomic mass is 10.2. The summed E-state index contributed by atoms with van der Waals surface area (Å²) in [6.07, 6.45) is 0. The first-order valence-electron chi connectivity index (χ1n) is 4.72. The Morgan fingerprint density at radius 1 is 1.43 bits per heavy atom. The summed E-state index contributed by atoms with van der Waals surface area (Å²) in [4.78, 5) is 0. The van der Waals surface area contributed by atoms with Crippen molar-refractivity contribution < 1.29 is 9.84 Å². The van der Waals surface area contributed by atoms with Crippen molar-refractivity contribution in [2.45, 2.75) is 32.9 Å². The highest BCUT2D eigenvalue weighted by molar-refractivity contribution is 4.99. The van der Waals surface area contributed by atoms with Crippen molar-refractivity contribution in [1.29, 1.82) is 0 Å². The Balaban J connectivity index is 2.88. The summed E-state index contributed by atoms with van der Waals surface area (Å²) in [5.41, 5.74) is 0. The molecule has 0 atom stereocenters. The first-order valence-corrected chi connectivity index (χ1v) is 4.72. The van der Waals surface area contributed by atoms with E-state index in [0.29, 0.717) is 24.9 Å². The monoisotopic (exact) mass is 199 g/mol. The molecule has 0 aliphatic rings. The van der Waals surface area contributed by atoms with Gasteiger partial charge in [0.2, 0.25) is 0 Å². The topological polar surface area (TPSA) is 60.2 Å². The van der Waals surface area contributed by atoms with Crippen LogP contribution in [0.1, 0.15) is 31.4 Å². The van der Waals surface area contributed by atoms with E-state index in [9.17, 15) is 0 Å². The minimum absolute atomic E-state index is 0.0799. The number of hydrogen-bond donors (Lipinski definition) is 1. The summed E-state index contributed by atoms with van der Waals surface area (Å²) < 4.78 is 6.90. The number of ether oxygens (including phenoxy) is 1. The van der Waals surface area contributed by atoms with Gasteiger partial charge in [0.1, 0.15) is 12.4 Å². The molecule has 0 bridgehead atoms. The average Bonchev–Trinajstić information content (AvgIpc) is 2.57.